The van der Waals surface area contributed by atoms with Gasteiger partial charge >= 0.3 is 0 Å². The number of aromatic nitrogens is 1. The van der Waals surface area contributed by atoms with Crippen LogP contribution < -0.4 is 9.47 Å². The van der Waals surface area contributed by atoms with Gasteiger partial charge < -0.3 is 19.5 Å². The highest BCUT2D eigenvalue weighted by Gasteiger charge is 2.46. The van der Waals surface area contributed by atoms with Crippen molar-refractivity contribution in [1.29, 1.82) is 0 Å². The van der Waals surface area contributed by atoms with Gasteiger partial charge in [0.1, 0.15) is 23.9 Å². The minimum atomic E-state index is -0.821. The van der Waals surface area contributed by atoms with Crippen LogP contribution in [-0.2, 0) is 22.7 Å². The van der Waals surface area contributed by atoms with Crippen molar-refractivity contribution in [1.82, 2.24) is 9.88 Å². The first-order chi connectivity index (χ1) is 19.0. The van der Waals surface area contributed by atoms with Crippen molar-refractivity contribution in [2.24, 2.45) is 0 Å². The first-order valence-electron chi connectivity index (χ1n) is 12.6. The summed E-state index contributed by atoms with van der Waals surface area (Å²) in [6.45, 7) is 2.40. The van der Waals surface area contributed by atoms with Crippen LogP contribution in [0.2, 0.25) is 0 Å². The smallest absolute Gasteiger partial charge is 0.295 e. The van der Waals surface area contributed by atoms with Crippen LogP contribution in [0.4, 0.5) is 0 Å². The van der Waals surface area contributed by atoms with E-state index < -0.39 is 17.7 Å². The molecule has 196 valence electrons. The van der Waals surface area contributed by atoms with Crippen LogP contribution in [0.25, 0.3) is 5.76 Å². The molecule has 7 nitrogen and oxygen atoms in total. The molecule has 1 aliphatic rings. The maximum atomic E-state index is 13.4. The molecule has 1 unspecified atom stereocenters. The third-order valence-electron chi connectivity index (χ3n) is 6.76. The lowest BCUT2D eigenvalue weighted by atomic mass is 9.95. The second-order valence-electron chi connectivity index (χ2n) is 9.28. The predicted molar refractivity (Wildman–Crippen MR) is 147 cm³/mol. The molecule has 3 aromatic carbocycles. The van der Waals surface area contributed by atoms with Gasteiger partial charge in [-0.25, -0.2) is 0 Å². The molecule has 2 heterocycles. The zero-order valence-electron chi connectivity index (χ0n) is 21.7. The molecule has 1 aromatic heterocycles. The Balaban J connectivity index is 1.51. The number of hydrogen-bond donors (Lipinski definition) is 1. The number of nitrogens with zero attached hydrogens (tertiary/aromatic N) is 2. The van der Waals surface area contributed by atoms with Crippen LogP contribution in [0.5, 0.6) is 11.5 Å². The van der Waals surface area contributed by atoms with Gasteiger partial charge in [0.15, 0.2) is 0 Å². The quantitative estimate of drug-likeness (QED) is 0.185. The lowest BCUT2D eigenvalue weighted by molar-refractivity contribution is -0.140. The van der Waals surface area contributed by atoms with E-state index in [1.165, 1.54) is 4.90 Å². The van der Waals surface area contributed by atoms with Crippen molar-refractivity contribution >= 4 is 17.4 Å². The molecule has 1 atom stereocenters. The second kappa shape index (κ2) is 11.2. The highest BCUT2D eigenvalue weighted by Crippen LogP contribution is 2.41. The van der Waals surface area contributed by atoms with Crippen molar-refractivity contribution in [3.8, 4) is 11.5 Å². The van der Waals surface area contributed by atoms with E-state index in [4.69, 9.17) is 9.47 Å². The molecule has 1 amide bonds. The zero-order valence-corrected chi connectivity index (χ0v) is 21.7. The van der Waals surface area contributed by atoms with Crippen LogP contribution in [-0.4, -0.2) is 33.8 Å². The number of carbonyl (C=O) groups is 2. The molecule has 39 heavy (non-hydrogen) atoms. The fraction of sp³-hybridized carbons (Fsp3) is 0.156. The van der Waals surface area contributed by atoms with Gasteiger partial charge in [-0.2, -0.15) is 0 Å². The summed E-state index contributed by atoms with van der Waals surface area (Å²) in [6, 6.07) is 25.1. The largest absolute Gasteiger partial charge is 0.507 e. The number of amides is 1. The molecule has 1 N–H and O–H groups in total. The summed E-state index contributed by atoms with van der Waals surface area (Å²) < 4.78 is 11.4. The van der Waals surface area contributed by atoms with Crippen molar-refractivity contribution in [3.05, 3.63) is 131 Å². The molecule has 5 rings (SSSR count). The Kier molecular flexibility index (Phi) is 7.41. The predicted octanol–water partition coefficient (Wildman–Crippen LogP) is 5.60. The van der Waals surface area contributed by atoms with E-state index in [9.17, 15) is 14.7 Å². The number of ketones is 1. The van der Waals surface area contributed by atoms with Gasteiger partial charge in [-0.1, -0.05) is 54.6 Å². The van der Waals surface area contributed by atoms with Crippen LogP contribution in [0.15, 0.2) is 103 Å². The average Bonchev–Trinajstić information content (AvgIpc) is 3.22. The molecule has 7 heteroatoms. The number of pyridine rings is 1. The monoisotopic (exact) mass is 520 g/mol. The van der Waals surface area contributed by atoms with E-state index in [2.05, 4.69) is 4.98 Å². The number of carbonyl (C=O) groups excluding carboxylic acids is 2. The molecule has 1 fully saturated rings. The minimum Gasteiger partial charge on any atom is -0.507 e. The summed E-state index contributed by atoms with van der Waals surface area (Å²) in [6.07, 6.45) is 3.22. The van der Waals surface area contributed by atoms with Gasteiger partial charge in [0.2, 0.25) is 0 Å². The second-order valence-corrected chi connectivity index (χ2v) is 9.28. The van der Waals surface area contributed by atoms with Crippen LogP contribution in [0.1, 0.15) is 33.9 Å². The van der Waals surface area contributed by atoms with Crippen LogP contribution in [0.3, 0.4) is 0 Å². The number of aliphatic hydroxyl groups is 1. The normalized spacial score (nSPS) is 16.4. The molecule has 0 aliphatic carbocycles. The van der Waals surface area contributed by atoms with Crippen molar-refractivity contribution in [3.63, 3.8) is 0 Å². The summed E-state index contributed by atoms with van der Waals surface area (Å²) in [5, 5.41) is 11.4. The highest BCUT2D eigenvalue weighted by atomic mass is 16.5. The molecule has 0 bridgehead atoms. The zero-order chi connectivity index (χ0) is 27.4. The number of rotatable bonds is 8. The van der Waals surface area contributed by atoms with Gasteiger partial charge in [0.05, 0.1) is 25.3 Å². The SMILES string of the molecule is COc1ccccc1CN1C(=O)C(=O)/C(=C(\O)c2ccc(OCc3ccccc3)c(C)c2)C1c1cccnc1. The van der Waals surface area contributed by atoms with E-state index in [-0.39, 0.29) is 17.9 Å². The molecule has 1 saturated heterocycles. The van der Waals surface area contributed by atoms with E-state index in [1.807, 2.05) is 55.5 Å². The molecule has 4 aromatic rings. The molecule has 1 aliphatic heterocycles. The maximum Gasteiger partial charge on any atom is 0.295 e. The van der Waals surface area contributed by atoms with E-state index in [0.717, 1.165) is 16.7 Å². The molecular formula is C32H28N2O5. The number of para-hydroxylation sites is 1. The lowest BCUT2D eigenvalue weighted by Crippen LogP contribution is -2.29. The number of likely N-dealkylation sites (tertiary alicyclic amines) is 1. The number of hydrogen-bond acceptors (Lipinski definition) is 6. The summed E-state index contributed by atoms with van der Waals surface area (Å²) in [5.74, 6) is -0.432. The summed E-state index contributed by atoms with van der Waals surface area (Å²) in [7, 11) is 1.56. The summed E-state index contributed by atoms with van der Waals surface area (Å²) in [4.78, 5) is 32.4. The summed E-state index contributed by atoms with van der Waals surface area (Å²) >= 11 is 0. The van der Waals surface area contributed by atoms with Gasteiger partial charge in [-0.05, 0) is 53.9 Å². The topological polar surface area (TPSA) is 89.0 Å². The number of aliphatic hydroxyl groups excluding tert-OH is 1. The molecule has 0 saturated carbocycles. The van der Waals surface area contributed by atoms with E-state index >= 15 is 0 Å². The van der Waals surface area contributed by atoms with Crippen molar-refractivity contribution < 1.29 is 24.2 Å². The van der Waals surface area contributed by atoms with E-state index in [0.29, 0.717) is 29.2 Å². The molecule has 0 radical (unpaired) electrons. The Bertz CT molecular complexity index is 1530. The van der Waals surface area contributed by atoms with Crippen molar-refractivity contribution in [2.45, 2.75) is 26.1 Å². The Morgan fingerprint density at radius 1 is 0.949 bits per heavy atom. The Morgan fingerprint density at radius 2 is 1.72 bits per heavy atom. The van der Waals surface area contributed by atoms with Gasteiger partial charge in [-0.15, -0.1) is 0 Å². The Labute approximate surface area is 227 Å². The first-order valence-corrected chi connectivity index (χ1v) is 12.6. The highest BCUT2D eigenvalue weighted by molar-refractivity contribution is 6.46. The van der Waals surface area contributed by atoms with Gasteiger partial charge in [0.25, 0.3) is 11.7 Å². The first kappa shape index (κ1) is 25.7. The van der Waals surface area contributed by atoms with Crippen LogP contribution >= 0.6 is 0 Å². The van der Waals surface area contributed by atoms with E-state index in [1.54, 1.807) is 55.9 Å². The standard InChI is InChI=1S/C32H28N2O5/c1-21-17-23(14-15-26(21)39-20-22-9-4-3-5-10-22)30(35)28-29(24-12-8-16-33-18-24)34(32(37)31(28)36)19-25-11-6-7-13-27(25)38-2/h3-18,29,35H,19-20H2,1-2H3/b30-28-. The number of ether oxygens (including phenoxy) is 2. The fourth-order valence-electron chi connectivity index (χ4n) is 4.79. The van der Waals surface area contributed by atoms with Gasteiger partial charge in [-0.3, -0.25) is 14.6 Å². The third kappa shape index (κ3) is 5.25. The molecule has 0 spiro atoms. The number of Topliss-reactive ketones (excluding diaryl/α,β-unsaturated/α-hetero) is 1. The van der Waals surface area contributed by atoms with Gasteiger partial charge in [0, 0.05) is 23.5 Å². The minimum absolute atomic E-state index is 0.0141. The molecular weight excluding hydrogens is 492 g/mol. The number of methoxy groups -OCH3 is 1. The maximum absolute atomic E-state index is 13.4. The lowest BCUT2D eigenvalue weighted by Gasteiger charge is -2.25. The summed E-state index contributed by atoms with van der Waals surface area (Å²) in [5.41, 5.74) is 3.62. The average molecular weight is 521 g/mol. The Morgan fingerprint density at radius 3 is 2.44 bits per heavy atom. The van der Waals surface area contributed by atoms with Crippen molar-refractivity contribution in [2.75, 3.05) is 7.11 Å². The fourth-order valence-corrected chi connectivity index (χ4v) is 4.79. The third-order valence-corrected chi connectivity index (χ3v) is 6.76. The van der Waals surface area contributed by atoms with Crippen LogP contribution in [0, 0.1) is 6.92 Å². The Hall–Kier alpha value is -4.91. The number of benzene rings is 3. The number of aryl methyl sites for hydroxylation is 1.